The number of hydrogen-bond acceptors (Lipinski definition) is 5. The molecule has 0 spiro atoms. The van der Waals surface area contributed by atoms with E-state index in [9.17, 15) is 9.59 Å². The summed E-state index contributed by atoms with van der Waals surface area (Å²) < 4.78 is 4.17. The number of aryl methyl sites for hydroxylation is 2. The Labute approximate surface area is 183 Å². The van der Waals surface area contributed by atoms with Crippen molar-refractivity contribution in [2.75, 3.05) is 5.43 Å². The molecule has 0 saturated carbocycles. The van der Waals surface area contributed by atoms with Gasteiger partial charge in [0.1, 0.15) is 0 Å². The van der Waals surface area contributed by atoms with Crippen LogP contribution in [0.25, 0.3) is 11.2 Å². The van der Waals surface area contributed by atoms with Gasteiger partial charge in [0.2, 0.25) is 5.95 Å². The third-order valence-electron chi connectivity index (χ3n) is 5.21. The summed E-state index contributed by atoms with van der Waals surface area (Å²) >= 11 is 6.18. The van der Waals surface area contributed by atoms with Crippen LogP contribution in [0.5, 0.6) is 0 Å². The summed E-state index contributed by atoms with van der Waals surface area (Å²) in [7, 11) is 3.05. The largest absolute Gasteiger partial charge is 0.332 e. The molecule has 9 heteroatoms. The molecule has 158 valence electrons. The van der Waals surface area contributed by atoms with Gasteiger partial charge in [-0.25, -0.2) is 10.2 Å². The summed E-state index contributed by atoms with van der Waals surface area (Å²) in [5.74, 6) is 0.347. The molecule has 0 aliphatic rings. The maximum Gasteiger partial charge on any atom is 0.332 e. The fourth-order valence-electron chi connectivity index (χ4n) is 3.38. The molecule has 0 atom stereocenters. The molecule has 4 aromatic rings. The number of nitrogens with zero attached hydrogens (tertiary/aromatic N) is 5. The third kappa shape index (κ3) is 3.77. The van der Waals surface area contributed by atoms with Gasteiger partial charge in [-0.1, -0.05) is 54.1 Å². The van der Waals surface area contributed by atoms with E-state index in [1.165, 1.54) is 11.6 Å². The Morgan fingerprint density at radius 3 is 2.52 bits per heavy atom. The van der Waals surface area contributed by atoms with Crippen LogP contribution in [0.3, 0.4) is 0 Å². The molecular formula is C22H21ClN6O2. The highest BCUT2D eigenvalue weighted by Crippen LogP contribution is 2.20. The topological polar surface area (TPSA) is 86.2 Å². The van der Waals surface area contributed by atoms with Crippen molar-refractivity contribution in [1.82, 2.24) is 18.7 Å². The number of halogens is 1. The van der Waals surface area contributed by atoms with E-state index in [4.69, 9.17) is 11.6 Å². The Morgan fingerprint density at radius 2 is 1.77 bits per heavy atom. The van der Waals surface area contributed by atoms with E-state index < -0.39 is 11.2 Å². The Kier molecular flexibility index (Phi) is 5.48. The molecule has 8 nitrogen and oxygen atoms in total. The van der Waals surface area contributed by atoms with Gasteiger partial charge in [-0.15, -0.1) is 0 Å². The molecular weight excluding hydrogens is 416 g/mol. The monoisotopic (exact) mass is 436 g/mol. The second-order valence-electron chi connectivity index (χ2n) is 7.22. The molecule has 0 saturated heterocycles. The summed E-state index contributed by atoms with van der Waals surface area (Å²) in [4.78, 5) is 29.8. The van der Waals surface area contributed by atoms with Crippen LogP contribution in [0.15, 0.2) is 63.2 Å². The zero-order valence-electron chi connectivity index (χ0n) is 17.3. The predicted octanol–water partition coefficient (Wildman–Crippen LogP) is 2.89. The first-order valence-electron chi connectivity index (χ1n) is 9.63. The van der Waals surface area contributed by atoms with Gasteiger partial charge in [0.25, 0.3) is 5.56 Å². The first kappa shape index (κ1) is 20.6. The van der Waals surface area contributed by atoms with Gasteiger partial charge >= 0.3 is 5.69 Å². The number of rotatable bonds is 5. The zero-order chi connectivity index (χ0) is 22.1. The third-order valence-corrected chi connectivity index (χ3v) is 5.56. The lowest BCUT2D eigenvalue weighted by atomic mass is 10.1. The van der Waals surface area contributed by atoms with Crippen molar-refractivity contribution in [3.05, 3.63) is 91.1 Å². The Hall–Kier alpha value is -3.65. The lowest BCUT2D eigenvalue weighted by Gasteiger charge is -2.11. The molecule has 0 amide bonds. The van der Waals surface area contributed by atoms with E-state index >= 15 is 0 Å². The summed E-state index contributed by atoms with van der Waals surface area (Å²) in [5, 5.41) is 4.83. The number of anilines is 1. The highest BCUT2D eigenvalue weighted by Gasteiger charge is 2.19. The SMILES string of the molecule is Cc1ccccc1Cn1c(N/N=C/c2ccccc2Cl)nc2c1c(=O)n(C)c(=O)n2C. The number of benzene rings is 2. The van der Waals surface area contributed by atoms with E-state index in [2.05, 4.69) is 15.5 Å². The van der Waals surface area contributed by atoms with Crippen LogP contribution in [0.4, 0.5) is 5.95 Å². The van der Waals surface area contributed by atoms with Gasteiger partial charge in [-0.3, -0.25) is 18.5 Å². The van der Waals surface area contributed by atoms with Crippen LogP contribution in [0, 0.1) is 6.92 Å². The number of nitrogens with one attached hydrogen (secondary N) is 1. The molecule has 2 aromatic heterocycles. The van der Waals surface area contributed by atoms with Gasteiger partial charge in [-0.2, -0.15) is 10.1 Å². The molecule has 0 fully saturated rings. The Morgan fingerprint density at radius 1 is 1.06 bits per heavy atom. The van der Waals surface area contributed by atoms with Gasteiger partial charge < -0.3 is 0 Å². The molecule has 0 aliphatic carbocycles. The molecule has 0 aliphatic heterocycles. The van der Waals surface area contributed by atoms with Crippen molar-refractivity contribution < 1.29 is 0 Å². The summed E-state index contributed by atoms with van der Waals surface area (Å²) in [5.41, 5.74) is 5.51. The standard InChI is InChI=1S/C22H21ClN6O2/c1-14-8-4-5-10-16(14)13-29-18-19(27(2)22(31)28(3)20(18)30)25-21(29)26-24-12-15-9-6-7-11-17(15)23/h4-12H,13H2,1-3H3,(H,25,26)/b24-12+. The van der Waals surface area contributed by atoms with Crippen LogP contribution in [-0.2, 0) is 20.6 Å². The number of hydrogen-bond donors (Lipinski definition) is 1. The van der Waals surface area contributed by atoms with Gasteiger partial charge in [0.15, 0.2) is 11.2 Å². The average Bonchev–Trinajstić information content (AvgIpc) is 3.12. The van der Waals surface area contributed by atoms with Gasteiger partial charge in [0.05, 0.1) is 12.8 Å². The second kappa shape index (κ2) is 8.23. The molecule has 1 N–H and O–H groups in total. The van der Waals surface area contributed by atoms with E-state index in [1.807, 2.05) is 49.4 Å². The maximum atomic E-state index is 13.0. The van der Waals surface area contributed by atoms with Crippen LogP contribution in [0.2, 0.25) is 5.02 Å². The van der Waals surface area contributed by atoms with Gasteiger partial charge in [-0.05, 0) is 24.1 Å². The fraction of sp³-hybridized carbons (Fsp3) is 0.182. The average molecular weight is 437 g/mol. The number of imidazole rings is 1. The minimum atomic E-state index is -0.441. The number of hydrazone groups is 1. The van der Waals surface area contributed by atoms with Gasteiger partial charge in [0, 0.05) is 24.7 Å². The first-order chi connectivity index (χ1) is 14.9. The fourth-order valence-corrected chi connectivity index (χ4v) is 3.57. The Balaban J connectivity index is 1.85. The van der Waals surface area contributed by atoms with Crippen molar-refractivity contribution in [3.63, 3.8) is 0 Å². The highest BCUT2D eigenvalue weighted by atomic mass is 35.5. The van der Waals surface area contributed by atoms with E-state index in [1.54, 1.807) is 23.9 Å². The minimum absolute atomic E-state index is 0.289. The molecule has 31 heavy (non-hydrogen) atoms. The molecule has 0 bridgehead atoms. The van der Waals surface area contributed by atoms with Crippen molar-refractivity contribution >= 4 is 34.9 Å². The van der Waals surface area contributed by atoms with E-state index in [-0.39, 0.29) is 5.65 Å². The van der Waals surface area contributed by atoms with Crippen molar-refractivity contribution in [1.29, 1.82) is 0 Å². The minimum Gasteiger partial charge on any atom is -0.298 e. The van der Waals surface area contributed by atoms with Crippen molar-refractivity contribution in [3.8, 4) is 0 Å². The van der Waals surface area contributed by atoms with Crippen LogP contribution in [-0.4, -0.2) is 24.9 Å². The number of aromatic nitrogens is 4. The molecule has 0 unspecified atom stereocenters. The Bertz CT molecular complexity index is 1430. The first-order valence-corrected chi connectivity index (χ1v) is 10.0. The summed E-state index contributed by atoms with van der Waals surface area (Å²) in [6.07, 6.45) is 1.58. The smallest absolute Gasteiger partial charge is 0.298 e. The predicted molar refractivity (Wildman–Crippen MR) is 123 cm³/mol. The maximum absolute atomic E-state index is 13.0. The molecule has 0 radical (unpaired) electrons. The van der Waals surface area contributed by atoms with Crippen molar-refractivity contribution in [2.24, 2.45) is 19.2 Å². The molecule has 4 rings (SSSR count). The zero-order valence-corrected chi connectivity index (χ0v) is 18.1. The number of fused-ring (bicyclic) bond motifs is 1. The quantitative estimate of drug-likeness (QED) is 0.385. The molecule has 2 heterocycles. The molecule has 2 aromatic carbocycles. The van der Waals surface area contributed by atoms with Crippen molar-refractivity contribution in [2.45, 2.75) is 13.5 Å². The second-order valence-corrected chi connectivity index (χ2v) is 7.62. The normalized spacial score (nSPS) is 11.5. The summed E-state index contributed by atoms with van der Waals surface area (Å²) in [6, 6.07) is 15.2. The lowest BCUT2D eigenvalue weighted by Crippen LogP contribution is -2.37. The van der Waals surface area contributed by atoms with Crippen LogP contribution >= 0.6 is 11.6 Å². The summed E-state index contributed by atoms with van der Waals surface area (Å²) in [6.45, 7) is 2.39. The highest BCUT2D eigenvalue weighted by molar-refractivity contribution is 6.33. The lowest BCUT2D eigenvalue weighted by molar-refractivity contribution is 0.702. The van der Waals surface area contributed by atoms with E-state index in [0.29, 0.717) is 23.0 Å². The van der Waals surface area contributed by atoms with Crippen LogP contribution in [0.1, 0.15) is 16.7 Å². The van der Waals surface area contributed by atoms with Crippen LogP contribution < -0.4 is 16.7 Å². The van der Waals surface area contributed by atoms with E-state index in [0.717, 1.165) is 21.3 Å².